The summed E-state index contributed by atoms with van der Waals surface area (Å²) in [6.45, 7) is 6.09. The van der Waals surface area contributed by atoms with Gasteiger partial charge in [-0.05, 0) is 169 Å². The van der Waals surface area contributed by atoms with E-state index >= 15 is 0 Å². The van der Waals surface area contributed by atoms with E-state index in [1.807, 2.05) is 0 Å². The predicted molar refractivity (Wildman–Crippen MR) is 167 cm³/mol. The van der Waals surface area contributed by atoms with Crippen molar-refractivity contribution in [2.45, 2.75) is 166 Å². The van der Waals surface area contributed by atoms with E-state index in [4.69, 9.17) is 4.74 Å². The Balaban J connectivity index is 1.04. The van der Waals surface area contributed by atoms with E-state index in [1.54, 1.807) is 44.9 Å². The Morgan fingerprint density at radius 2 is 1.12 bits per heavy atom. The lowest BCUT2D eigenvalue weighted by molar-refractivity contribution is -0.145. The summed E-state index contributed by atoms with van der Waals surface area (Å²) in [5, 5.41) is 0. The van der Waals surface area contributed by atoms with Gasteiger partial charge >= 0.3 is 5.97 Å². The van der Waals surface area contributed by atoms with Gasteiger partial charge in [0.25, 0.3) is 0 Å². The lowest BCUT2D eigenvalue weighted by Crippen LogP contribution is -2.61. The van der Waals surface area contributed by atoms with Crippen molar-refractivity contribution in [1.82, 2.24) is 4.90 Å². The molecule has 0 spiro atoms. The molecule has 0 aliphatic heterocycles. The topological polar surface area (TPSA) is 29.5 Å². The predicted octanol–water partition coefficient (Wildman–Crippen LogP) is 9.35. The first kappa shape index (κ1) is 28.9. The van der Waals surface area contributed by atoms with E-state index in [2.05, 4.69) is 18.4 Å². The fourth-order valence-electron chi connectivity index (χ4n) is 12.8. The van der Waals surface area contributed by atoms with Crippen LogP contribution in [-0.2, 0) is 9.53 Å². The zero-order valence-electron chi connectivity index (χ0n) is 26.4. The fourth-order valence-corrected chi connectivity index (χ4v) is 12.8. The highest BCUT2D eigenvalue weighted by Crippen LogP contribution is 2.61. The Hall–Kier alpha value is -0.830. The minimum atomic E-state index is -0.235. The number of hydrogen-bond donors (Lipinski definition) is 0. The molecule has 0 aromatic carbocycles. The molecule has 7 rings (SSSR count). The zero-order chi connectivity index (χ0) is 27.9. The Morgan fingerprint density at radius 1 is 0.610 bits per heavy atom. The van der Waals surface area contributed by atoms with Crippen molar-refractivity contribution < 1.29 is 9.53 Å². The average Bonchev–Trinajstić information content (AvgIpc) is 3.02. The minimum absolute atomic E-state index is 0.131. The Labute approximate surface area is 252 Å². The lowest BCUT2D eigenvalue weighted by atomic mass is 9.47. The highest BCUT2D eigenvalue weighted by molar-refractivity contribution is 5.81. The second kappa shape index (κ2) is 12.6. The smallest absolute Gasteiger partial charge is 0.330 e. The van der Waals surface area contributed by atoms with E-state index < -0.39 is 0 Å². The van der Waals surface area contributed by atoms with Crippen LogP contribution in [0.5, 0.6) is 0 Å². The fraction of sp³-hybridized carbons (Fsp3) is 0.921. The SMILES string of the molecule is C=CC(=O)OC1CCC(C2CCC(N(C3CCC(C)CC3)C3CCC4CCC5CCCC6CCC3C4C56)CC2)CC1. The number of rotatable bonds is 6. The Bertz CT molecular complexity index is 886. The van der Waals surface area contributed by atoms with Crippen molar-refractivity contribution in [2.24, 2.45) is 53.3 Å². The molecule has 0 N–H and O–H groups in total. The number of ether oxygens (including phenoxy) is 1. The van der Waals surface area contributed by atoms with Gasteiger partial charge in [-0.2, -0.15) is 0 Å². The molecule has 0 aromatic heterocycles. The van der Waals surface area contributed by atoms with Crippen molar-refractivity contribution in [3.05, 3.63) is 12.7 Å². The summed E-state index contributed by atoms with van der Waals surface area (Å²) in [6, 6.07) is 2.61. The molecule has 0 saturated heterocycles. The molecule has 230 valence electrons. The van der Waals surface area contributed by atoms with Crippen molar-refractivity contribution >= 4 is 5.97 Å². The van der Waals surface area contributed by atoms with Gasteiger partial charge in [0.05, 0.1) is 0 Å². The summed E-state index contributed by atoms with van der Waals surface area (Å²) in [4.78, 5) is 15.0. The average molecular weight is 564 g/mol. The van der Waals surface area contributed by atoms with Crippen LogP contribution in [0.2, 0.25) is 0 Å². The van der Waals surface area contributed by atoms with Crippen molar-refractivity contribution in [3.8, 4) is 0 Å². The third-order valence-corrected chi connectivity index (χ3v) is 14.6. The zero-order valence-corrected chi connectivity index (χ0v) is 26.4. The Kier molecular flexibility index (Phi) is 8.92. The molecular weight excluding hydrogens is 502 g/mol. The maximum Gasteiger partial charge on any atom is 0.330 e. The first-order valence-electron chi connectivity index (χ1n) is 18.7. The monoisotopic (exact) mass is 563 g/mol. The standard InChI is InChI=1S/C38H61NO2/c1-3-36(40)41-33-21-13-27(14-22-33)26-11-19-32(20-12-26)39(31-17-7-25(2)8-18-31)35-24-16-30-10-9-28-5-4-6-29-15-23-34(35)38(30)37(28)29/h3,25-35,37-38H,1,4-24H2,2H3. The van der Waals surface area contributed by atoms with Crippen LogP contribution in [0.15, 0.2) is 12.7 Å². The third-order valence-electron chi connectivity index (χ3n) is 14.6. The maximum absolute atomic E-state index is 11.7. The first-order chi connectivity index (χ1) is 20.1. The van der Waals surface area contributed by atoms with E-state index in [1.165, 1.54) is 83.1 Å². The van der Waals surface area contributed by atoms with Crippen LogP contribution >= 0.6 is 0 Å². The van der Waals surface area contributed by atoms with Gasteiger partial charge in [-0.15, -0.1) is 0 Å². The van der Waals surface area contributed by atoms with Gasteiger partial charge in [0.2, 0.25) is 0 Å². The van der Waals surface area contributed by atoms with E-state index in [-0.39, 0.29) is 12.1 Å². The van der Waals surface area contributed by atoms with Gasteiger partial charge in [-0.25, -0.2) is 4.79 Å². The number of carbonyl (C=O) groups excluding carboxylic acids is 1. The number of nitrogens with zero attached hydrogens (tertiary/aromatic N) is 1. The summed E-state index contributed by atoms with van der Waals surface area (Å²) >= 11 is 0. The summed E-state index contributed by atoms with van der Waals surface area (Å²) < 4.78 is 5.60. The largest absolute Gasteiger partial charge is 0.459 e. The summed E-state index contributed by atoms with van der Waals surface area (Å²) in [5.41, 5.74) is 0. The highest BCUT2D eigenvalue weighted by Gasteiger charge is 2.55. The molecule has 0 heterocycles. The van der Waals surface area contributed by atoms with E-state index in [0.29, 0.717) is 0 Å². The molecule has 0 aromatic rings. The van der Waals surface area contributed by atoms with Gasteiger partial charge in [-0.1, -0.05) is 32.8 Å². The second-order valence-corrected chi connectivity index (χ2v) is 16.4. The van der Waals surface area contributed by atoms with Crippen LogP contribution in [0.3, 0.4) is 0 Å². The second-order valence-electron chi connectivity index (χ2n) is 16.4. The Morgan fingerprint density at radius 3 is 1.76 bits per heavy atom. The van der Waals surface area contributed by atoms with E-state index in [0.717, 1.165) is 84.2 Å². The highest BCUT2D eigenvalue weighted by atomic mass is 16.5. The molecule has 0 radical (unpaired) electrons. The minimum Gasteiger partial charge on any atom is -0.459 e. The molecule has 0 amide bonds. The van der Waals surface area contributed by atoms with Gasteiger partial charge in [-0.3, -0.25) is 4.90 Å². The van der Waals surface area contributed by atoms with Crippen LogP contribution in [-0.4, -0.2) is 35.1 Å². The third kappa shape index (κ3) is 5.85. The van der Waals surface area contributed by atoms with Gasteiger partial charge in [0.1, 0.15) is 6.10 Å². The summed E-state index contributed by atoms with van der Waals surface area (Å²) in [7, 11) is 0. The number of hydrogen-bond acceptors (Lipinski definition) is 3. The van der Waals surface area contributed by atoms with Crippen molar-refractivity contribution in [1.29, 1.82) is 0 Å². The molecule has 7 saturated carbocycles. The molecule has 7 atom stereocenters. The number of esters is 1. The van der Waals surface area contributed by atoms with Crippen LogP contribution < -0.4 is 0 Å². The summed E-state index contributed by atoms with van der Waals surface area (Å²) in [6.07, 6.45) is 31.8. The van der Waals surface area contributed by atoms with Gasteiger partial charge in [0, 0.05) is 24.2 Å². The van der Waals surface area contributed by atoms with Crippen LogP contribution in [0.4, 0.5) is 0 Å². The quantitative estimate of drug-likeness (QED) is 0.238. The molecule has 3 nitrogen and oxygen atoms in total. The summed E-state index contributed by atoms with van der Waals surface area (Å²) in [5.74, 6) is 8.92. The van der Waals surface area contributed by atoms with Crippen molar-refractivity contribution in [3.63, 3.8) is 0 Å². The van der Waals surface area contributed by atoms with Crippen LogP contribution in [0, 0.1) is 53.3 Å². The molecule has 7 fully saturated rings. The maximum atomic E-state index is 11.7. The molecule has 7 unspecified atom stereocenters. The van der Waals surface area contributed by atoms with Gasteiger partial charge < -0.3 is 4.74 Å². The molecule has 0 bridgehead atoms. The number of carbonyl (C=O) groups is 1. The lowest BCUT2D eigenvalue weighted by Gasteiger charge is -2.62. The normalized spacial score (nSPS) is 48.2. The van der Waals surface area contributed by atoms with Crippen LogP contribution in [0.1, 0.15) is 142 Å². The first-order valence-corrected chi connectivity index (χ1v) is 18.7. The molecule has 7 aliphatic carbocycles. The van der Waals surface area contributed by atoms with Crippen LogP contribution in [0.25, 0.3) is 0 Å². The van der Waals surface area contributed by atoms with Crippen molar-refractivity contribution in [2.75, 3.05) is 0 Å². The molecule has 3 heteroatoms. The molecule has 41 heavy (non-hydrogen) atoms. The molecular formula is C38H61NO2. The van der Waals surface area contributed by atoms with Gasteiger partial charge in [0.15, 0.2) is 0 Å². The van der Waals surface area contributed by atoms with E-state index in [9.17, 15) is 4.79 Å². The molecule has 7 aliphatic rings.